The highest BCUT2D eigenvalue weighted by Gasteiger charge is 2.20. The van der Waals surface area contributed by atoms with Gasteiger partial charge in [0.25, 0.3) is 10.0 Å². The van der Waals surface area contributed by atoms with Crippen LogP contribution in [0.25, 0.3) is 11.3 Å². The van der Waals surface area contributed by atoms with Crippen LogP contribution in [0.3, 0.4) is 0 Å². The lowest BCUT2D eigenvalue weighted by molar-refractivity contribution is 0.601. The van der Waals surface area contributed by atoms with Gasteiger partial charge in [0.2, 0.25) is 0 Å². The smallest absolute Gasteiger partial charge is 0.261 e. The second-order valence-electron chi connectivity index (χ2n) is 6.64. The zero-order valence-corrected chi connectivity index (χ0v) is 19.0. The molecule has 4 rings (SSSR count). The Kier molecular flexibility index (Phi) is 6.55. The highest BCUT2D eigenvalue weighted by atomic mass is 32.2. The summed E-state index contributed by atoms with van der Waals surface area (Å²) in [5.74, 6) is 0.207. The van der Waals surface area contributed by atoms with Crippen molar-refractivity contribution >= 4 is 38.8 Å². The maximum Gasteiger partial charge on any atom is 0.261 e. The first-order chi connectivity index (χ1) is 15.5. The van der Waals surface area contributed by atoms with Crippen molar-refractivity contribution in [3.8, 4) is 17.3 Å². The number of sulfonamides is 1. The summed E-state index contributed by atoms with van der Waals surface area (Å²) in [5, 5.41) is 12.1. The van der Waals surface area contributed by atoms with Crippen molar-refractivity contribution in [1.82, 2.24) is 4.98 Å². The van der Waals surface area contributed by atoms with Gasteiger partial charge in [-0.15, -0.1) is 11.3 Å². The van der Waals surface area contributed by atoms with Gasteiger partial charge in [0, 0.05) is 16.2 Å². The van der Waals surface area contributed by atoms with Gasteiger partial charge in [0.15, 0.2) is 0 Å². The third-order valence-corrected chi connectivity index (χ3v) is 7.94. The monoisotopic (exact) mass is 481 g/mol. The normalized spacial score (nSPS) is 11.1. The predicted octanol–water partition coefficient (Wildman–Crippen LogP) is 5.91. The van der Waals surface area contributed by atoms with Crippen molar-refractivity contribution in [2.45, 2.75) is 15.7 Å². The van der Waals surface area contributed by atoms with Crippen LogP contribution in [0.1, 0.15) is 10.4 Å². The Hall–Kier alpha value is -3.19. The molecule has 0 atom stereocenters. The summed E-state index contributed by atoms with van der Waals surface area (Å²) >= 11 is 2.99. The van der Waals surface area contributed by atoms with Gasteiger partial charge in [-0.1, -0.05) is 36.0 Å². The molecule has 0 unspecified atom stereocenters. The molecule has 5 nitrogen and oxygen atoms in total. The molecular formula is C23H16FN3O2S3. The quantitative estimate of drug-likeness (QED) is 0.332. The third kappa shape index (κ3) is 4.99. The second-order valence-corrected chi connectivity index (χ2v) is 10.3. The summed E-state index contributed by atoms with van der Waals surface area (Å²) in [4.78, 5) is 5.82. The van der Waals surface area contributed by atoms with E-state index in [1.54, 1.807) is 29.5 Å². The molecule has 2 heterocycles. The first-order valence-corrected chi connectivity index (χ1v) is 12.8. The third-order valence-electron chi connectivity index (χ3n) is 4.45. The average Bonchev–Trinajstić information content (AvgIpc) is 3.32. The maximum atomic E-state index is 13.5. The molecule has 1 N–H and O–H groups in total. The molecule has 0 saturated carbocycles. The fourth-order valence-electron chi connectivity index (χ4n) is 2.93. The molecule has 0 bridgehead atoms. The fourth-order valence-corrected chi connectivity index (χ4v) is 5.74. The van der Waals surface area contributed by atoms with E-state index >= 15 is 0 Å². The molecule has 0 aliphatic rings. The highest BCUT2D eigenvalue weighted by Crippen LogP contribution is 2.35. The molecule has 160 valence electrons. The van der Waals surface area contributed by atoms with Crippen LogP contribution in [0.2, 0.25) is 0 Å². The zero-order valence-electron chi connectivity index (χ0n) is 16.5. The van der Waals surface area contributed by atoms with Crippen LogP contribution in [0, 0.1) is 17.1 Å². The number of rotatable bonds is 7. The first kappa shape index (κ1) is 22.0. The van der Waals surface area contributed by atoms with Crippen molar-refractivity contribution < 1.29 is 12.8 Å². The van der Waals surface area contributed by atoms with Gasteiger partial charge in [-0.3, -0.25) is 4.72 Å². The standard InChI is InChI=1S/C23H16FN3O2S3/c24-18-10-8-16(9-11-18)22-21(27-32(28,29)20-6-2-1-3-7-20)13-17(14-25)23(26-22)31-15-19-5-4-12-30-19/h1-13,27H,15H2. The summed E-state index contributed by atoms with van der Waals surface area (Å²) in [6, 6.07) is 21.1. The van der Waals surface area contributed by atoms with E-state index in [9.17, 15) is 18.1 Å². The van der Waals surface area contributed by atoms with Crippen LogP contribution < -0.4 is 4.72 Å². The van der Waals surface area contributed by atoms with Crippen LogP contribution in [0.4, 0.5) is 10.1 Å². The van der Waals surface area contributed by atoms with Crippen LogP contribution in [-0.2, 0) is 15.8 Å². The van der Waals surface area contributed by atoms with Crippen LogP contribution in [0.15, 0.2) is 88.1 Å². The number of anilines is 1. The van der Waals surface area contributed by atoms with Crippen molar-refractivity contribution in [3.05, 3.63) is 94.4 Å². The first-order valence-electron chi connectivity index (χ1n) is 9.40. The molecule has 0 spiro atoms. The Labute approximate surface area is 193 Å². The number of nitrogens with zero attached hydrogens (tertiary/aromatic N) is 2. The summed E-state index contributed by atoms with van der Waals surface area (Å²) in [7, 11) is -3.92. The lowest BCUT2D eigenvalue weighted by Crippen LogP contribution is -2.14. The minimum Gasteiger partial charge on any atom is -0.277 e. The number of hydrogen-bond acceptors (Lipinski definition) is 6. The molecule has 0 amide bonds. The van der Waals surface area contributed by atoms with E-state index in [4.69, 9.17) is 0 Å². The molecule has 0 saturated heterocycles. The van der Waals surface area contributed by atoms with Gasteiger partial charge in [-0.25, -0.2) is 17.8 Å². The maximum absolute atomic E-state index is 13.5. The van der Waals surface area contributed by atoms with Crippen LogP contribution in [-0.4, -0.2) is 13.4 Å². The van der Waals surface area contributed by atoms with Crippen molar-refractivity contribution in [2.75, 3.05) is 4.72 Å². The average molecular weight is 482 g/mol. The van der Waals surface area contributed by atoms with Crippen molar-refractivity contribution in [2.24, 2.45) is 0 Å². The van der Waals surface area contributed by atoms with E-state index in [-0.39, 0.29) is 16.1 Å². The minimum absolute atomic E-state index is 0.0831. The molecule has 0 aliphatic carbocycles. The number of aromatic nitrogens is 1. The van der Waals surface area contributed by atoms with Gasteiger partial charge in [-0.2, -0.15) is 5.26 Å². The number of nitriles is 1. The topological polar surface area (TPSA) is 82.9 Å². The van der Waals surface area contributed by atoms with Crippen LogP contribution >= 0.6 is 23.1 Å². The van der Waals surface area contributed by atoms with E-state index in [1.807, 2.05) is 17.5 Å². The van der Waals surface area contributed by atoms with E-state index in [1.165, 1.54) is 54.2 Å². The SMILES string of the molecule is N#Cc1cc(NS(=O)(=O)c2ccccc2)c(-c2ccc(F)cc2)nc1SCc1cccs1. The van der Waals surface area contributed by atoms with Crippen molar-refractivity contribution in [3.63, 3.8) is 0 Å². The molecule has 0 fully saturated rings. The number of thioether (sulfide) groups is 1. The van der Waals surface area contributed by atoms with Gasteiger partial charge in [-0.05, 0) is 53.9 Å². The molecule has 32 heavy (non-hydrogen) atoms. The molecule has 0 aliphatic heterocycles. The van der Waals surface area contributed by atoms with Crippen molar-refractivity contribution in [1.29, 1.82) is 5.26 Å². The van der Waals surface area contributed by atoms with Crippen LogP contribution in [0.5, 0.6) is 0 Å². The van der Waals surface area contributed by atoms with E-state index in [0.717, 1.165) is 4.88 Å². The number of thiophene rings is 1. The largest absolute Gasteiger partial charge is 0.277 e. The predicted molar refractivity (Wildman–Crippen MR) is 125 cm³/mol. The summed E-state index contributed by atoms with van der Waals surface area (Å²) in [5.41, 5.74) is 1.25. The van der Waals surface area contributed by atoms with E-state index in [2.05, 4.69) is 15.8 Å². The Morgan fingerprint density at radius 1 is 1.06 bits per heavy atom. The summed E-state index contributed by atoms with van der Waals surface area (Å²) < 4.78 is 41.9. The molecule has 2 aromatic carbocycles. The number of hydrogen-bond donors (Lipinski definition) is 1. The van der Waals surface area contributed by atoms with E-state index in [0.29, 0.717) is 22.0 Å². The Morgan fingerprint density at radius 3 is 2.47 bits per heavy atom. The molecule has 0 radical (unpaired) electrons. The lowest BCUT2D eigenvalue weighted by Gasteiger charge is -2.15. The molecule has 9 heteroatoms. The lowest BCUT2D eigenvalue weighted by atomic mass is 10.1. The number of benzene rings is 2. The van der Waals surface area contributed by atoms with Gasteiger partial charge in [0.05, 0.1) is 21.8 Å². The van der Waals surface area contributed by atoms with E-state index < -0.39 is 15.8 Å². The Bertz CT molecular complexity index is 1370. The Balaban J connectivity index is 1.78. The zero-order chi connectivity index (χ0) is 22.6. The molecule has 2 aromatic heterocycles. The number of nitrogens with one attached hydrogen (secondary N) is 1. The second kappa shape index (κ2) is 9.53. The number of pyridine rings is 1. The molecule has 4 aromatic rings. The van der Waals surface area contributed by atoms with Gasteiger partial charge in [0.1, 0.15) is 16.9 Å². The Morgan fingerprint density at radius 2 is 1.81 bits per heavy atom. The fraction of sp³-hybridized carbons (Fsp3) is 0.0435. The van der Waals surface area contributed by atoms with Gasteiger partial charge < -0.3 is 0 Å². The van der Waals surface area contributed by atoms with Gasteiger partial charge >= 0.3 is 0 Å². The molecular weight excluding hydrogens is 465 g/mol. The number of halogens is 1. The summed E-state index contributed by atoms with van der Waals surface area (Å²) in [6.07, 6.45) is 0. The summed E-state index contributed by atoms with van der Waals surface area (Å²) in [6.45, 7) is 0. The highest BCUT2D eigenvalue weighted by molar-refractivity contribution is 7.98. The minimum atomic E-state index is -3.92.